The zero-order valence-corrected chi connectivity index (χ0v) is 9.08. The minimum Gasteiger partial charge on any atom is -0.481 e. The van der Waals surface area contributed by atoms with Gasteiger partial charge in [-0.3, -0.25) is 9.59 Å². The fourth-order valence-electron chi connectivity index (χ4n) is 1.55. The third-order valence-corrected chi connectivity index (χ3v) is 2.63. The van der Waals surface area contributed by atoms with Crippen molar-refractivity contribution in [3.63, 3.8) is 0 Å². The van der Waals surface area contributed by atoms with E-state index in [0.717, 1.165) is 12.8 Å². The molecule has 1 aliphatic heterocycles. The topological polar surface area (TPSA) is 75.6 Å². The summed E-state index contributed by atoms with van der Waals surface area (Å²) in [7, 11) is 0. The number of hydrogen-bond donors (Lipinski definition) is 2. The van der Waals surface area contributed by atoms with E-state index in [0.29, 0.717) is 13.2 Å². The number of carbonyl (C=O) groups excluding carboxylic acids is 1. The van der Waals surface area contributed by atoms with Gasteiger partial charge in [0.1, 0.15) is 5.92 Å². The Kier molecular flexibility index (Phi) is 3.68. The summed E-state index contributed by atoms with van der Waals surface area (Å²) in [4.78, 5) is 22.1. The molecular formula is C10H17NO4. The molecule has 86 valence electrons. The molecule has 0 aromatic heterocycles. The van der Waals surface area contributed by atoms with Gasteiger partial charge in [0.05, 0.1) is 12.1 Å². The molecule has 0 aliphatic carbocycles. The van der Waals surface area contributed by atoms with Crippen molar-refractivity contribution in [3.8, 4) is 0 Å². The monoisotopic (exact) mass is 215 g/mol. The second-order valence-electron chi connectivity index (χ2n) is 4.27. The summed E-state index contributed by atoms with van der Waals surface area (Å²) < 4.78 is 5.26. The van der Waals surface area contributed by atoms with Gasteiger partial charge >= 0.3 is 5.97 Å². The summed E-state index contributed by atoms with van der Waals surface area (Å²) in [6, 6.07) is 0. The number of hydrogen-bond acceptors (Lipinski definition) is 3. The average molecular weight is 215 g/mol. The van der Waals surface area contributed by atoms with Gasteiger partial charge in [0.2, 0.25) is 5.91 Å². The highest BCUT2D eigenvalue weighted by Gasteiger charge is 2.32. The quantitative estimate of drug-likeness (QED) is 0.668. The van der Waals surface area contributed by atoms with Gasteiger partial charge in [-0.25, -0.2) is 0 Å². The van der Waals surface area contributed by atoms with Crippen LogP contribution in [0.2, 0.25) is 0 Å². The highest BCUT2D eigenvalue weighted by atomic mass is 16.5. The van der Waals surface area contributed by atoms with E-state index in [-0.39, 0.29) is 0 Å². The van der Waals surface area contributed by atoms with Crippen molar-refractivity contribution in [1.82, 2.24) is 5.32 Å². The molecule has 1 heterocycles. The minimum atomic E-state index is -1.10. The van der Waals surface area contributed by atoms with E-state index in [9.17, 15) is 9.59 Å². The van der Waals surface area contributed by atoms with Gasteiger partial charge in [-0.2, -0.15) is 0 Å². The Labute approximate surface area is 88.8 Å². The Morgan fingerprint density at radius 3 is 2.67 bits per heavy atom. The van der Waals surface area contributed by atoms with E-state index in [1.165, 1.54) is 6.92 Å². The number of carboxylic acids is 1. The maximum absolute atomic E-state index is 11.5. The zero-order chi connectivity index (χ0) is 11.5. The zero-order valence-electron chi connectivity index (χ0n) is 9.08. The number of carboxylic acid groups (broad SMARTS) is 1. The van der Waals surface area contributed by atoms with Crippen LogP contribution >= 0.6 is 0 Å². The summed E-state index contributed by atoms with van der Waals surface area (Å²) in [5.41, 5.74) is -0.418. The van der Waals surface area contributed by atoms with Crippen LogP contribution in [0.4, 0.5) is 0 Å². The molecule has 2 N–H and O–H groups in total. The Balaban J connectivity index is 2.52. The highest BCUT2D eigenvalue weighted by Crippen LogP contribution is 2.18. The molecule has 2 unspecified atom stereocenters. The first-order valence-corrected chi connectivity index (χ1v) is 5.07. The van der Waals surface area contributed by atoms with Crippen molar-refractivity contribution in [1.29, 1.82) is 0 Å². The molecule has 0 bridgehead atoms. The summed E-state index contributed by atoms with van der Waals surface area (Å²) in [5, 5.41) is 11.4. The van der Waals surface area contributed by atoms with E-state index >= 15 is 0 Å². The number of rotatable bonds is 3. The lowest BCUT2D eigenvalue weighted by molar-refractivity contribution is -0.147. The fourth-order valence-corrected chi connectivity index (χ4v) is 1.55. The minimum absolute atomic E-state index is 0.418. The Morgan fingerprint density at radius 1 is 1.53 bits per heavy atom. The second-order valence-corrected chi connectivity index (χ2v) is 4.27. The predicted octanol–water partition coefficient (Wildman–Crippen LogP) is 0.392. The van der Waals surface area contributed by atoms with Crippen LogP contribution < -0.4 is 5.32 Å². The first-order valence-electron chi connectivity index (χ1n) is 5.07. The molecule has 0 aromatic carbocycles. The number of amides is 1. The third-order valence-electron chi connectivity index (χ3n) is 2.63. The van der Waals surface area contributed by atoms with Crippen LogP contribution in [0.5, 0.6) is 0 Å². The molecule has 5 nitrogen and oxygen atoms in total. The normalized spacial score (nSPS) is 28.1. The van der Waals surface area contributed by atoms with Crippen LogP contribution in [0.15, 0.2) is 0 Å². The van der Waals surface area contributed by atoms with Crippen molar-refractivity contribution in [2.75, 3.05) is 13.2 Å². The number of nitrogens with one attached hydrogen (secondary N) is 1. The van der Waals surface area contributed by atoms with E-state index in [1.54, 1.807) is 0 Å². The Hall–Kier alpha value is -1.10. The highest BCUT2D eigenvalue weighted by molar-refractivity contribution is 5.96. The molecule has 0 saturated carbocycles. The summed E-state index contributed by atoms with van der Waals surface area (Å²) in [6.07, 6.45) is 1.71. The van der Waals surface area contributed by atoms with E-state index in [4.69, 9.17) is 9.84 Å². The van der Waals surface area contributed by atoms with Crippen LogP contribution in [-0.4, -0.2) is 35.7 Å². The van der Waals surface area contributed by atoms with Crippen LogP contribution in [0.3, 0.4) is 0 Å². The molecule has 2 atom stereocenters. The molecule has 1 aliphatic rings. The van der Waals surface area contributed by atoms with Crippen LogP contribution in [0.1, 0.15) is 26.7 Å². The summed E-state index contributed by atoms with van der Waals surface area (Å²) in [5.74, 6) is -2.56. The standard InChI is InChI=1S/C10H17NO4/c1-7(9(13)14)8(12)11-10(2)4-3-5-15-6-10/h7H,3-6H2,1-2H3,(H,11,12)(H,13,14). The van der Waals surface area contributed by atoms with Crippen molar-refractivity contribution < 1.29 is 19.4 Å². The number of carbonyl (C=O) groups is 2. The summed E-state index contributed by atoms with van der Waals surface area (Å²) >= 11 is 0. The molecule has 1 fully saturated rings. The van der Waals surface area contributed by atoms with Gasteiger partial charge in [-0.15, -0.1) is 0 Å². The van der Waals surface area contributed by atoms with Crippen LogP contribution in [0, 0.1) is 5.92 Å². The van der Waals surface area contributed by atoms with Gasteiger partial charge in [-0.05, 0) is 26.7 Å². The molecular weight excluding hydrogens is 198 g/mol. The van der Waals surface area contributed by atoms with Crippen LogP contribution in [-0.2, 0) is 14.3 Å². The molecule has 1 saturated heterocycles. The van der Waals surface area contributed by atoms with E-state index < -0.39 is 23.3 Å². The average Bonchev–Trinajstić information content (AvgIpc) is 2.16. The first-order chi connectivity index (χ1) is 6.94. The van der Waals surface area contributed by atoms with Crippen molar-refractivity contribution >= 4 is 11.9 Å². The second kappa shape index (κ2) is 4.61. The molecule has 15 heavy (non-hydrogen) atoms. The molecule has 0 radical (unpaired) electrons. The van der Waals surface area contributed by atoms with E-state index in [1.807, 2.05) is 6.92 Å². The number of ether oxygens (including phenoxy) is 1. The van der Waals surface area contributed by atoms with Gasteiger partial charge in [-0.1, -0.05) is 0 Å². The Bertz CT molecular complexity index is 258. The summed E-state index contributed by atoms with van der Waals surface area (Å²) in [6.45, 7) is 4.41. The molecule has 1 rings (SSSR count). The van der Waals surface area contributed by atoms with Crippen molar-refractivity contribution in [3.05, 3.63) is 0 Å². The van der Waals surface area contributed by atoms with Crippen molar-refractivity contribution in [2.24, 2.45) is 5.92 Å². The maximum Gasteiger partial charge on any atom is 0.315 e. The lowest BCUT2D eigenvalue weighted by atomic mass is 9.94. The van der Waals surface area contributed by atoms with Gasteiger partial charge in [0.25, 0.3) is 0 Å². The van der Waals surface area contributed by atoms with Gasteiger partial charge in [0.15, 0.2) is 0 Å². The van der Waals surface area contributed by atoms with Crippen molar-refractivity contribution in [2.45, 2.75) is 32.2 Å². The van der Waals surface area contributed by atoms with Crippen LogP contribution in [0.25, 0.3) is 0 Å². The van der Waals surface area contributed by atoms with Gasteiger partial charge in [0, 0.05) is 6.61 Å². The lowest BCUT2D eigenvalue weighted by Gasteiger charge is -2.34. The SMILES string of the molecule is CC(C(=O)O)C(=O)NC1(C)CCCOC1. The Morgan fingerprint density at radius 2 is 2.20 bits per heavy atom. The molecule has 0 aromatic rings. The lowest BCUT2D eigenvalue weighted by Crippen LogP contribution is -2.53. The smallest absolute Gasteiger partial charge is 0.315 e. The molecule has 5 heteroatoms. The van der Waals surface area contributed by atoms with Gasteiger partial charge < -0.3 is 15.2 Å². The number of aliphatic carboxylic acids is 1. The predicted molar refractivity (Wildman–Crippen MR) is 53.4 cm³/mol. The third kappa shape index (κ3) is 3.20. The largest absolute Gasteiger partial charge is 0.481 e. The molecule has 0 spiro atoms. The van der Waals surface area contributed by atoms with E-state index in [2.05, 4.69) is 5.32 Å². The fraction of sp³-hybridized carbons (Fsp3) is 0.800. The maximum atomic E-state index is 11.5. The first kappa shape index (κ1) is 12.0. The molecule has 1 amide bonds.